The van der Waals surface area contributed by atoms with Gasteiger partial charge in [-0.25, -0.2) is 9.78 Å². The van der Waals surface area contributed by atoms with E-state index in [4.69, 9.17) is 4.74 Å². The van der Waals surface area contributed by atoms with Crippen LogP contribution in [0.3, 0.4) is 0 Å². The lowest BCUT2D eigenvalue weighted by Gasteiger charge is -2.36. The van der Waals surface area contributed by atoms with Gasteiger partial charge in [-0.15, -0.1) is 11.3 Å². The summed E-state index contributed by atoms with van der Waals surface area (Å²) in [7, 11) is 0. The first-order chi connectivity index (χ1) is 13.4. The average Bonchev–Trinajstić information content (AvgIpc) is 3.13. The molecule has 2 aromatic rings. The summed E-state index contributed by atoms with van der Waals surface area (Å²) in [6.07, 6.45) is 2.65. The van der Waals surface area contributed by atoms with Crippen molar-refractivity contribution in [2.24, 2.45) is 5.92 Å². The SMILES string of the molecule is CCOc1ccc(-c2nc(CC(=O)NC3(C(=O)O)CCC(C)CC3)cs2)cc1. The Morgan fingerprint density at radius 3 is 2.57 bits per heavy atom. The van der Waals surface area contributed by atoms with Crippen LogP contribution in [0.15, 0.2) is 29.6 Å². The molecule has 1 saturated carbocycles. The molecule has 150 valence electrons. The maximum atomic E-state index is 12.5. The van der Waals surface area contributed by atoms with E-state index >= 15 is 0 Å². The number of nitrogens with one attached hydrogen (secondary N) is 1. The number of carboxylic acid groups (broad SMARTS) is 1. The quantitative estimate of drug-likeness (QED) is 0.733. The van der Waals surface area contributed by atoms with Gasteiger partial charge >= 0.3 is 5.97 Å². The highest BCUT2D eigenvalue weighted by atomic mass is 32.1. The average molecular weight is 403 g/mol. The monoisotopic (exact) mass is 402 g/mol. The van der Waals surface area contributed by atoms with Gasteiger partial charge in [-0.2, -0.15) is 0 Å². The highest BCUT2D eigenvalue weighted by Crippen LogP contribution is 2.32. The highest BCUT2D eigenvalue weighted by molar-refractivity contribution is 7.13. The number of hydrogen-bond donors (Lipinski definition) is 2. The first-order valence-electron chi connectivity index (χ1n) is 9.64. The van der Waals surface area contributed by atoms with Crippen molar-refractivity contribution in [2.45, 2.75) is 51.5 Å². The standard InChI is InChI=1S/C21H26N2O4S/c1-3-27-17-6-4-15(5-7-17)19-22-16(13-28-19)12-18(24)23-21(20(25)26)10-8-14(2)9-11-21/h4-7,13-14H,3,8-12H2,1-2H3,(H,23,24)(H,25,26). The molecule has 3 rings (SSSR count). The molecule has 0 bridgehead atoms. The number of ether oxygens (including phenoxy) is 1. The van der Waals surface area contributed by atoms with Gasteiger partial charge in [0, 0.05) is 10.9 Å². The zero-order valence-electron chi connectivity index (χ0n) is 16.2. The van der Waals surface area contributed by atoms with E-state index in [0.717, 1.165) is 29.2 Å². The summed E-state index contributed by atoms with van der Waals surface area (Å²) in [5.41, 5.74) is 0.469. The van der Waals surface area contributed by atoms with Gasteiger partial charge in [0.05, 0.1) is 18.7 Å². The van der Waals surface area contributed by atoms with E-state index in [2.05, 4.69) is 17.2 Å². The molecule has 1 heterocycles. The summed E-state index contributed by atoms with van der Waals surface area (Å²) in [4.78, 5) is 28.8. The van der Waals surface area contributed by atoms with Gasteiger partial charge in [-0.05, 0) is 62.8 Å². The Balaban J connectivity index is 1.64. The lowest BCUT2D eigenvalue weighted by atomic mass is 9.77. The van der Waals surface area contributed by atoms with Crippen molar-refractivity contribution < 1.29 is 19.4 Å². The number of amides is 1. The van der Waals surface area contributed by atoms with Crippen molar-refractivity contribution in [1.82, 2.24) is 10.3 Å². The molecule has 1 aromatic heterocycles. The summed E-state index contributed by atoms with van der Waals surface area (Å²) >= 11 is 1.47. The predicted octanol–water partition coefficient (Wildman–Crippen LogP) is 3.90. The summed E-state index contributed by atoms with van der Waals surface area (Å²) < 4.78 is 5.44. The van der Waals surface area contributed by atoms with E-state index in [9.17, 15) is 14.7 Å². The van der Waals surface area contributed by atoms with Crippen LogP contribution in [0, 0.1) is 5.92 Å². The number of aliphatic carboxylic acids is 1. The molecule has 1 fully saturated rings. The molecule has 0 aliphatic heterocycles. The molecule has 0 spiro atoms. The number of rotatable bonds is 7. The lowest BCUT2D eigenvalue weighted by molar-refractivity contribution is -0.149. The molecule has 7 heteroatoms. The maximum Gasteiger partial charge on any atom is 0.329 e. The molecular formula is C21H26N2O4S. The van der Waals surface area contributed by atoms with Crippen LogP contribution in [-0.4, -0.2) is 34.1 Å². The minimum Gasteiger partial charge on any atom is -0.494 e. The fourth-order valence-electron chi connectivity index (χ4n) is 3.50. The fourth-order valence-corrected chi connectivity index (χ4v) is 4.33. The Morgan fingerprint density at radius 2 is 1.96 bits per heavy atom. The molecule has 0 atom stereocenters. The number of nitrogens with zero attached hydrogens (tertiary/aromatic N) is 1. The molecule has 0 radical (unpaired) electrons. The minimum absolute atomic E-state index is 0.0815. The zero-order chi connectivity index (χ0) is 20.1. The van der Waals surface area contributed by atoms with Gasteiger partial charge in [0.15, 0.2) is 0 Å². The third-order valence-electron chi connectivity index (χ3n) is 5.22. The van der Waals surface area contributed by atoms with Crippen molar-refractivity contribution in [1.29, 1.82) is 0 Å². The number of carboxylic acids is 1. The third-order valence-corrected chi connectivity index (χ3v) is 6.16. The molecule has 2 N–H and O–H groups in total. The Hall–Kier alpha value is -2.41. The number of thiazole rings is 1. The molecule has 1 aliphatic carbocycles. The molecular weight excluding hydrogens is 376 g/mol. The van der Waals surface area contributed by atoms with Gasteiger partial charge in [-0.1, -0.05) is 6.92 Å². The number of benzene rings is 1. The van der Waals surface area contributed by atoms with Crippen LogP contribution in [0.5, 0.6) is 5.75 Å². The fraction of sp³-hybridized carbons (Fsp3) is 0.476. The van der Waals surface area contributed by atoms with Crippen LogP contribution in [-0.2, 0) is 16.0 Å². The molecule has 6 nitrogen and oxygen atoms in total. The smallest absolute Gasteiger partial charge is 0.329 e. The Morgan fingerprint density at radius 1 is 1.29 bits per heavy atom. The Kier molecular flexibility index (Phi) is 6.34. The van der Waals surface area contributed by atoms with Crippen LogP contribution >= 0.6 is 11.3 Å². The third kappa shape index (κ3) is 4.70. The number of carbonyl (C=O) groups is 2. The van der Waals surface area contributed by atoms with Gasteiger partial charge in [0.2, 0.25) is 5.91 Å². The number of aromatic nitrogens is 1. The van der Waals surface area contributed by atoms with Crippen molar-refractivity contribution >= 4 is 23.2 Å². The second-order valence-electron chi connectivity index (χ2n) is 7.40. The molecule has 28 heavy (non-hydrogen) atoms. The minimum atomic E-state index is -1.14. The van der Waals surface area contributed by atoms with E-state index in [0.29, 0.717) is 31.1 Å². The normalized spacial score (nSPS) is 21.9. The summed E-state index contributed by atoms with van der Waals surface area (Å²) in [6.45, 7) is 4.67. The second kappa shape index (κ2) is 8.73. The van der Waals surface area contributed by atoms with Gasteiger partial charge in [-0.3, -0.25) is 4.79 Å². The van der Waals surface area contributed by atoms with Crippen LogP contribution in [0.4, 0.5) is 0 Å². The van der Waals surface area contributed by atoms with E-state index in [-0.39, 0.29) is 12.3 Å². The van der Waals surface area contributed by atoms with Crippen molar-refractivity contribution in [3.05, 3.63) is 35.3 Å². The van der Waals surface area contributed by atoms with Crippen LogP contribution < -0.4 is 10.1 Å². The van der Waals surface area contributed by atoms with E-state index in [1.54, 1.807) is 0 Å². The van der Waals surface area contributed by atoms with Crippen LogP contribution in [0.1, 0.15) is 45.2 Å². The van der Waals surface area contributed by atoms with Crippen LogP contribution in [0.2, 0.25) is 0 Å². The largest absolute Gasteiger partial charge is 0.494 e. The van der Waals surface area contributed by atoms with E-state index in [1.165, 1.54) is 11.3 Å². The van der Waals surface area contributed by atoms with Crippen molar-refractivity contribution in [3.63, 3.8) is 0 Å². The molecule has 1 aromatic carbocycles. The van der Waals surface area contributed by atoms with E-state index < -0.39 is 11.5 Å². The Bertz CT molecular complexity index is 823. The molecule has 1 amide bonds. The van der Waals surface area contributed by atoms with Gasteiger partial charge < -0.3 is 15.2 Å². The predicted molar refractivity (Wildman–Crippen MR) is 109 cm³/mol. The number of carbonyl (C=O) groups excluding carboxylic acids is 1. The summed E-state index contributed by atoms with van der Waals surface area (Å²) in [5, 5.41) is 15.1. The lowest BCUT2D eigenvalue weighted by Crippen LogP contribution is -2.56. The number of hydrogen-bond acceptors (Lipinski definition) is 5. The van der Waals surface area contributed by atoms with Gasteiger partial charge in [0.25, 0.3) is 0 Å². The van der Waals surface area contributed by atoms with Crippen molar-refractivity contribution in [2.75, 3.05) is 6.61 Å². The molecule has 1 aliphatic rings. The maximum absolute atomic E-state index is 12.5. The second-order valence-corrected chi connectivity index (χ2v) is 8.25. The first-order valence-corrected chi connectivity index (χ1v) is 10.5. The summed E-state index contributed by atoms with van der Waals surface area (Å²) in [5.74, 6) is 0.0735. The van der Waals surface area contributed by atoms with Crippen LogP contribution in [0.25, 0.3) is 10.6 Å². The topological polar surface area (TPSA) is 88.5 Å². The Labute approximate surface area is 169 Å². The van der Waals surface area contributed by atoms with Gasteiger partial charge in [0.1, 0.15) is 16.3 Å². The molecule has 0 saturated heterocycles. The van der Waals surface area contributed by atoms with Crippen molar-refractivity contribution in [3.8, 4) is 16.3 Å². The zero-order valence-corrected chi connectivity index (χ0v) is 17.1. The highest BCUT2D eigenvalue weighted by Gasteiger charge is 2.42. The first kappa shape index (κ1) is 20.3. The van der Waals surface area contributed by atoms with E-state index in [1.807, 2.05) is 36.6 Å². The summed E-state index contributed by atoms with van der Waals surface area (Å²) in [6, 6.07) is 7.67. The molecule has 0 unspecified atom stereocenters.